The summed E-state index contributed by atoms with van der Waals surface area (Å²) in [6, 6.07) is 0. The normalized spacial score (nSPS) is 17.8. The van der Waals surface area contributed by atoms with Gasteiger partial charge in [-0.15, -0.1) is 0 Å². The van der Waals surface area contributed by atoms with Crippen LogP contribution < -0.4 is 5.32 Å². The Hall–Kier alpha value is -0.130. The van der Waals surface area contributed by atoms with E-state index in [4.69, 9.17) is 0 Å². The van der Waals surface area contributed by atoms with Crippen molar-refractivity contribution in [3.8, 4) is 0 Å². The van der Waals surface area contributed by atoms with E-state index in [2.05, 4.69) is 12.2 Å². The van der Waals surface area contributed by atoms with Crippen molar-refractivity contribution in [3.63, 3.8) is 0 Å². The molecule has 1 aliphatic carbocycles. The van der Waals surface area contributed by atoms with Crippen molar-refractivity contribution < 1.29 is 8.42 Å². The van der Waals surface area contributed by atoms with Crippen LogP contribution in [-0.4, -0.2) is 45.2 Å². The molecular formula is C15H32N2O2S. The monoisotopic (exact) mass is 304 g/mol. The van der Waals surface area contributed by atoms with Crippen molar-refractivity contribution in [1.29, 1.82) is 0 Å². The van der Waals surface area contributed by atoms with Gasteiger partial charge < -0.3 is 5.32 Å². The fourth-order valence-electron chi connectivity index (χ4n) is 2.84. The lowest BCUT2D eigenvalue weighted by atomic mass is 9.89. The van der Waals surface area contributed by atoms with Crippen LogP contribution in [-0.2, 0) is 10.0 Å². The molecule has 0 saturated heterocycles. The Balaban J connectivity index is 2.20. The summed E-state index contributed by atoms with van der Waals surface area (Å²) in [5.74, 6) is 0.874. The standard InChI is InChI=1S/C15H32N2O2S/c1-3-11-16-12-7-8-13-20(18,19)17(2)14-15-9-5-4-6-10-15/h15-16H,3-14H2,1-2H3. The average Bonchev–Trinajstić information content (AvgIpc) is 2.43. The zero-order chi connectivity index (χ0) is 14.8. The zero-order valence-electron chi connectivity index (χ0n) is 13.2. The molecule has 120 valence electrons. The van der Waals surface area contributed by atoms with Crippen LogP contribution in [0.5, 0.6) is 0 Å². The Kier molecular flexibility index (Phi) is 8.73. The highest BCUT2D eigenvalue weighted by atomic mass is 32.2. The Labute approximate surface area is 125 Å². The van der Waals surface area contributed by atoms with Crippen LogP contribution in [0.4, 0.5) is 0 Å². The second kappa shape index (κ2) is 9.74. The second-order valence-electron chi connectivity index (χ2n) is 6.06. The van der Waals surface area contributed by atoms with Crippen LogP contribution in [0, 0.1) is 5.92 Å². The van der Waals surface area contributed by atoms with E-state index >= 15 is 0 Å². The third-order valence-electron chi connectivity index (χ3n) is 4.15. The van der Waals surface area contributed by atoms with E-state index in [-0.39, 0.29) is 0 Å². The molecule has 0 heterocycles. The molecule has 5 heteroatoms. The molecule has 0 bridgehead atoms. The van der Waals surface area contributed by atoms with E-state index in [1.807, 2.05) is 0 Å². The van der Waals surface area contributed by atoms with Gasteiger partial charge in [0.25, 0.3) is 0 Å². The molecule has 1 aliphatic rings. The summed E-state index contributed by atoms with van der Waals surface area (Å²) in [7, 11) is -1.30. The van der Waals surface area contributed by atoms with E-state index < -0.39 is 10.0 Å². The molecule has 1 saturated carbocycles. The molecule has 0 aromatic heterocycles. The van der Waals surface area contributed by atoms with Crippen molar-refractivity contribution in [3.05, 3.63) is 0 Å². The van der Waals surface area contributed by atoms with Gasteiger partial charge in [0.15, 0.2) is 0 Å². The fourth-order valence-corrected chi connectivity index (χ4v) is 4.16. The molecule has 4 nitrogen and oxygen atoms in total. The summed E-state index contributed by atoms with van der Waals surface area (Å²) < 4.78 is 26.0. The molecule has 1 N–H and O–H groups in total. The summed E-state index contributed by atoms with van der Waals surface area (Å²) in [6.45, 7) is 4.80. The van der Waals surface area contributed by atoms with Crippen molar-refractivity contribution in [2.45, 2.75) is 58.3 Å². The number of sulfonamides is 1. The Bertz CT molecular complexity index is 338. The van der Waals surface area contributed by atoms with Crippen LogP contribution in [0.3, 0.4) is 0 Å². The maximum absolute atomic E-state index is 12.2. The molecule has 0 aliphatic heterocycles. The molecule has 0 spiro atoms. The zero-order valence-corrected chi connectivity index (χ0v) is 14.1. The van der Waals surface area contributed by atoms with Crippen molar-refractivity contribution >= 4 is 10.0 Å². The third-order valence-corrected chi connectivity index (χ3v) is 6.05. The summed E-state index contributed by atoms with van der Waals surface area (Å²) in [5.41, 5.74) is 0. The van der Waals surface area contributed by atoms with Crippen molar-refractivity contribution in [2.24, 2.45) is 5.92 Å². The van der Waals surface area contributed by atoms with Crippen LogP contribution >= 0.6 is 0 Å². The van der Waals surface area contributed by atoms with Crippen molar-refractivity contribution in [2.75, 3.05) is 32.4 Å². The summed E-state index contributed by atoms with van der Waals surface area (Å²) in [6.07, 6.45) is 9.07. The Morgan fingerprint density at radius 2 is 1.80 bits per heavy atom. The largest absolute Gasteiger partial charge is 0.317 e. The molecule has 0 unspecified atom stereocenters. The highest BCUT2D eigenvalue weighted by Gasteiger charge is 2.22. The van der Waals surface area contributed by atoms with Crippen LogP contribution in [0.25, 0.3) is 0 Å². The third kappa shape index (κ3) is 7.04. The van der Waals surface area contributed by atoms with E-state index in [9.17, 15) is 8.42 Å². The maximum Gasteiger partial charge on any atom is 0.213 e. The first-order valence-electron chi connectivity index (χ1n) is 8.21. The highest BCUT2D eigenvalue weighted by Crippen LogP contribution is 2.24. The lowest BCUT2D eigenvalue weighted by Gasteiger charge is -2.26. The van der Waals surface area contributed by atoms with Gasteiger partial charge in [0.1, 0.15) is 0 Å². The lowest BCUT2D eigenvalue weighted by Crippen LogP contribution is -2.34. The van der Waals surface area contributed by atoms with Crippen LogP contribution in [0.15, 0.2) is 0 Å². The highest BCUT2D eigenvalue weighted by molar-refractivity contribution is 7.89. The molecule has 1 rings (SSSR count). The molecule has 0 aromatic carbocycles. The van der Waals surface area contributed by atoms with Gasteiger partial charge in [-0.2, -0.15) is 0 Å². The molecule has 1 fully saturated rings. The molecular weight excluding hydrogens is 272 g/mol. The van der Waals surface area contributed by atoms with E-state index in [0.717, 1.165) is 38.9 Å². The van der Waals surface area contributed by atoms with Crippen LogP contribution in [0.1, 0.15) is 58.3 Å². The minimum absolute atomic E-state index is 0.296. The number of unbranched alkanes of at least 4 members (excludes halogenated alkanes) is 1. The van der Waals surface area contributed by atoms with Gasteiger partial charge in [-0.25, -0.2) is 12.7 Å². The Morgan fingerprint density at radius 1 is 1.10 bits per heavy atom. The number of hydrogen-bond acceptors (Lipinski definition) is 3. The number of rotatable bonds is 10. The Morgan fingerprint density at radius 3 is 2.45 bits per heavy atom. The number of nitrogens with zero attached hydrogens (tertiary/aromatic N) is 1. The van der Waals surface area contributed by atoms with Gasteiger partial charge >= 0.3 is 0 Å². The SMILES string of the molecule is CCCNCCCCS(=O)(=O)N(C)CC1CCCCC1. The minimum Gasteiger partial charge on any atom is -0.317 e. The quantitative estimate of drug-likeness (QED) is 0.631. The van der Waals surface area contributed by atoms with E-state index in [1.54, 1.807) is 11.4 Å². The van der Waals surface area contributed by atoms with Crippen LogP contribution in [0.2, 0.25) is 0 Å². The second-order valence-corrected chi connectivity index (χ2v) is 8.25. The fraction of sp³-hybridized carbons (Fsp3) is 1.00. The van der Waals surface area contributed by atoms with Gasteiger partial charge in [-0.3, -0.25) is 0 Å². The molecule has 0 atom stereocenters. The first-order valence-corrected chi connectivity index (χ1v) is 9.82. The molecule has 20 heavy (non-hydrogen) atoms. The van der Waals surface area contributed by atoms with Gasteiger partial charge in [0.05, 0.1) is 5.75 Å². The first kappa shape index (κ1) is 17.9. The topological polar surface area (TPSA) is 49.4 Å². The smallest absolute Gasteiger partial charge is 0.213 e. The summed E-state index contributed by atoms with van der Waals surface area (Å²) in [4.78, 5) is 0. The number of nitrogens with one attached hydrogen (secondary N) is 1. The molecule has 0 radical (unpaired) electrons. The summed E-state index contributed by atoms with van der Waals surface area (Å²) in [5, 5.41) is 3.31. The van der Waals surface area contributed by atoms with E-state index in [1.165, 1.54) is 32.1 Å². The first-order chi connectivity index (χ1) is 9.56. The predicted octanol–water partition coefficient (Wildman–Crippen LogP) is 2.61. The van der Waals surface area contributed by atoms with Gasteiger partial charge in [0, 0.05) is 13.6 Å². The minimum atomic E-state index is -3.05. The maximum atomic E-state index is 12.2. The molecule has 0 amide bonds. The van der Waals surface area contributed by atoms with Gasteiger partial charge in [0.2, 0.25) is 10.0 Å². The number of hydrogen-bond donors (Lipinski definition) is 1. The predicted molar refractivity (Wildman–Crippen MR) is 85.4 cm³/mol. The van der Waals surface area contributed by atoms with E-state index in [0.29, 0.717) is 11.7 Å². The summed E-state index contributed by atoms with van der Waals surface area (Å²) >= 11 is 0. The average molecular weight is 305 g/mol. The van der Waals surface area contributed by atoms with Gasteiger partial charge in [-0.1, -0.05) is 26.2 Å². The molecule has 0 aromatic rings. The lowest BCUT2D eigenvalue weighted by molar-refractivity contribution is 0.300. The van der Waals surface area contributed by atoms with Crippen molar-refractivity contribution in [1.82, 2.24) is 9.62 Å². The van der Waals surface area contributed by atoms with Gasteiger partial charge in [-0.05, 0) is 51.1 Å².